The Balaban J connectivity index is 2.00. The number of nitrogens with zero attached hydrogens (tertiary/aromatic N) is 1. The molecule has 0 unspecified atom stereocenters. The van der Waals surface area contributed by atoms with Gasteiger partial charge in [0.2, 0.25) is 0 Å². The van der Waals surface area contributed by atoms with Crippen molar-refractivity contribution in [3.63, 3.8) is 0 Å². The molecule has 2 aromatic rings. The van der Waals surface area contributed by atoms with Gasteiger partial charge in [-0.15, -0.1) is 0 Å². The molecule has 5 nitrogen and oxygen atoms in total. The highest BCUT2D eigenvalue weighted by molar-refractivity contribution is 5.90. The van der Waals surface area contributed by atoms with Crippen molar-refractivity contribution in [1.82, 2.24) is 4.98 Å². The van der Waals surface area contributed by atoms with Crippen LogP contribution in [0.15, 0.2) is 21.2 Å². The van der Waals surface area contributed by atoms with Crippen molar-refractivity contribution in [1.29, 1.82) is 0 Å². The van der Waals surface area contributed by atoms with E-state index in [4.69, 9.17) is 13.6 Å². The van der Waals surface area contributed by atoms with Crippen LogP contribution >= 0.6 is 0 Å². The van der Waals surface area contributed by atoms with Crippen molar-refractivity contribution >= 4 is 5.97 Å². The lowest BCUT2D eigenvalue weighted by Crippen LogP contribution is -2.12. The maximum Gasteiger partial charge on any atom is 0.342 e. The fourth-order valence-electron chi connectivity index (χ4n) is 1.77. The predicted octanol–water partition coefficient (Wildman–Crippen LogP) is 3.54. The van der Waals surface area contributed by atoms with Crippen molar-refractivity contribution in [2.45, 2.75) is 46.6 Å². The second-order valence-corrected chi connectivity index (χ2v) is 5.80. The van der Waals surface area contributed by atoms with E-state index in [1.165, 1.54) is 6.26 Å². The number of furan rings is 1. The highest BCUT2D eigenvalue weighted by Crippen LogP contribution is 2.21. The number of hydrogen-bond acceptors (Lipinski definition) is 5. The summed E-state index contributed by atoms with van der Waals surface area (Å²) in [6.07, 6.45) is 1.52. The standard InChI is InChI=1S/C15H19NO4/c1-9-6-12(10(2)20-9)13(17)18-7-11-8-19-14(16-11)15(3,4)5/h6,8H,7H2,1-5H3. The lowest BCUT2D eigenvalue weighted by atomic mass is 9.97. The summed E-state index contributed by atoms with van der Waals surface area (Å²) in [5, 5.41) is 0. The molecule has 0 aliphatic carbocycles. The Bertz CT molecular complexity index is 616. The van der Waals surface area contributed by atoms with Gasteiger partial charge < -0.3 is 13.6 Å². The number of oxazole rings is 1. The van der Waals surface area contributed by atoms with Crippen molar-refractivity contribution in [3.05, 3.63) is 41.0 Å². The number of aryl methyl sites for hydroxylation is 2. The van der Waals surface area contributed by atoms with Crippen LogP contribution in [0.2, 0.25) is 0 Å². The molecule has 0 aliphatic rings. The molecule has 0 saturated carbocycles. The third kappa shape index (κ3) is 3.10. The number of esters is 1. The van der Waals surface area contributed by atoms with Gasteiger partial charge in [-0.2, -0.15) is 0 Å². The molecule has 0 aliphatic heterocycles. The van der Waals surface area contributed by atoms with E-state index in [0.29, 0.717) is 28.7 Å². The Morgan fingerprint density at radius 1 is 1.35 bits per heavy atom. The van der Waals surface area contributed by atoms with E-state index < -0.39 is 5.97 Å². The Labute approximate surface area is 117 Å². The second kappa shape index (κ2) is 5.15. The first-order valence-electron chi connectivity index (χ1n) is 6.46. The summed E-state index contributed by atoms with van der Waals surface area (Å²) in [6.45, 7) is 9.63. The molecule has 0 N–H and O–H groups in total. The number of ether oxygens (including phenoxy) is 1. The molecule has 0 bridgehead atoms. The van der Waals surface area contributed by atoms with Crippen molar-refractivity contribution in [2.24, 2.45) is 0 Å². The number of carbonyl (C=O) groups excluding carboxylic acids is 1. The molecular formula is C15H19NO4. The number of hydrogen-bond donors (Lipinski definition) is 0. The van der Waals surface area contributed by atoms with E-state index in [2.05, 4.69) is 4.98 Å². The van der Waals surface area contributed by atoms with Gasteiger partial charge in [0, 0.05) is 5.41 Å². The molecule has 2 heterocycles. The zero-order chi connectivity index (χ0) is 14.9. The predicted molar refractivity (Wildman–Crippen MR) is 72.5 cm³/mol. The average Bonchev–Trinajstić information content (AvgIpc) is 2.92. The zero-order valence-electron chi connectivity index (χ0n) is 12.4. The molecule has 0 spiro atoms. The molecule has 0 radical (unpaired) electrons. The topological polar surface area (TPSA) is 65.5 Å². The minimum absolute atomic E-state index is 0.0854. The second-order valence-electron chi connectivity index (χ2n) is 5.80. The van der Waals surface area contributed by atoms with E-state index >= 15 is 0 Å². The van der Waals surface area contributed by atoms with E-state index in [1.54, 1.807) is 19.9 Å². The molecular weight excluding hydrogens is 258 g/mol. The Morgan fingerprint density at radius 3 is 2.55 bits per heavy atom. The van der Waals surface area contributed by atoms with Gasteiger partial charge in [0.25, 0.3) is 0 Å². The summed E-state index contributed by atoms with van der Waals surface area (Å²) in [4.78, 5) is 16.2. The first-order valence-corrected chi connectivity index (χ1v) is 6.46. The minimum atomic E-state index is -0.417. The van der Waals surface area contributed by atoms with Crippen molar-refractivity contribution in [2.75, 3.05) is 0 Å². The zero-order valence-corrected chi connectivity index (χ0v) is 12.4. The highest BCUT2D eigenvalue weighted by Gasteiger charge is 2.21. The van der Waals surface area contributed by atoms with E-state index in [1.807, 2.05) is 20.8 Å². The Kier molecular flexibility index (Phi) is 3.70. The van der Waals surface area contributed by atoms with Gasteiger partial charge >= 0.3 is 5.97 Å². The van der Waals surface area contributed by atoms with E-state index in [-0.39, 0.29) is 12.0 Å². The summed E-state index contributed by atoms with van der Waals surface area (Å²) >= 11 is 0. The summed E-state index contributed by atoms with van der Waals surface area (Å²) in [6, 6.07) is 1.67. The van der Waals surface area contributed by atoms with E-state index in [0.717, 1.165) is 0 Å². The Hall–Kier alpha value is -2.04. The number of carbonyl (C=O) groups is 1. The quantitative estimate of drug-likeness (QED) is 0.803. The third-order valence-corrected chi connectivity index (χ3v) is 2.81. The van der Waals surface area contributed by atoms with Crippen LogP contribution in [0, 0.1) is 13.8 Å². The van der Waals surface area contributed by atoms with Crippen LogP contribution in [0.25, 0.3) is 0 Å². The van der Waals surface area contributed by atoms with Crippen LogP contribution in [-0.2, 0) is 16.8 Å². The summed E-state index contributed by atoms with van der Waals surface area (Å²) in [5.41, 5.74) is 0.878. The summed E-state index contributed by atoms with van der Waals surface area (Å²) in [5.74, 6) is 1.45. The average molecular weight is 277 g/mol. The summed E-state index contributed by atoms with van der Waals surface area (Å²) in [7, 11) is 0. The Morgan fingerprint density at radius 2 is 2.05 bits per heavy atom. The fraction of sp³-hybridized carbons (Fsp3) is 0.467. The highest BCUT2D eigenvalue weighted by atomic mass is 16.5. The van der Waals surface area contributed by atoms with E-state index in [9.17, 15) is 4.79 Å². The monoisotopic (exact) mass is 277 g/mol. The lowest BCUT2D eigenvalue weighted by molar-refractivity contribution is 0.0465. The van der Waals surface area contributed by atoms with Crippen LogP contribution in [0.1, 0.15) is 54.2 Å². The van der Waals surface area contributed by atoms with Crippen molar-refractivity contribution < 1.29 is 18.4 Å². The van der Waals surface area contributed by atoms with Crippen LogP contribution < -0.4 is 0 Å². The fourth-order valence-corrected chi connectivity index (χ4v) is 1.77. The van der Waals surface area contributed by atoms with Crippen LogP contribution in [0.5, 0.6) is 0 Å². The number of aromatic nitrogens is 1. The minimum Gasteiger partial charge on any atom is -0.466 e. The molecule has 0 saturated heterocycles. The smallest absolute Gasteiger partial charge is 0.342 e. The lowest BCUT2D eigenvalue weighted by Gasteiger charge is -2.11. The van der Waals surface area contributed by atoms with Gasteiger partial charge in [0.15, 0.2) is 5.89 Å². The normalized spacial score (nSPS) is 11.7. The molecule has 0 fully saturated rings. The molecule has 108 valence electrons. The van der Waals surface area contributed by atoms with Crippen molar-refractivity contribution in [3.8, 4) is 0 Å². The molecule has 0 aromatic carbocycles. The maximum absolute atomic E-state index is 11.9. The van der Waals surface area contributed by atoms with Gasteiger partial charge in [-0.1, -0.05) is 20.8 Å². The molecule has 0 amide bonds. The van der Waals surface area contributed by atoms with Crippen LogP contribution in [0.3, 0.4) is 0 Å². The third-order valence-electron chi connectivity index (χ3n) is 2.81. The molecule has 5 heteroatoms. The molecule has 2 aromatic heterocycles. The van der Waals surface area contributed by atoms with Crippen LogP contribution in [0.4, 0.5) is 0 Å². The first-order chi connectivity index (χ1) is 9.27. The van der Waals surface area contributed by atoms with Crippen LogP contribution in [-0.4, -0.2) is 11.0 Å². The van der Waals surface area contributed by atoms with Gasteiger partial charge in [-0.05, 0) is 19.9 Å². The SMILES string of the molecule is Cc1cc(C(=O)OCc2coc(C(C)(C)C)n2)c(C)o1. The summed E-state index contributed by atoms with van der Waals surface area (Å²) < 4.78 is 15.9. The number of rotatable bonds is 3. The van der Waals surface area contributed by atoms with Gasteiger partial charge in [-0.25, -0.2) is 9.78 Å². The molecule has 20 heavy (non-hydrogen) atoms. The van der Waals surface area contributed by atoms with Gasteiger partial charge in [0.1, 0.15) is 35.6 Å². The van der Waals surface area contributed by atoms with Gasteiger partial charge in [-0.3, -0.25) is 0 Å². The van der Waals surface area contributed by atoms with Gasteiger partial charge in [0.05, 0.1) is 0 Å². The molecule has 2 rings (SSSR count). The largest absolute Gasteiger partial charge is 0.466 e. The first kappa shape index (κ1) is 14.4. The molecule has 0 atom stereocenters. The maximum atomic E-state index is 11.9.